The maximum atomic E-state index is 12.6. The van der Waals surface area contributed by atoms with Crippen LogP contribution in [0.5, 0.6) is 0 Å². The first-order valence-corrected chi connectivity index (χ1v) is 6.90. The lowest BCUT2D eigenvalue weighted by Gasteiger charge is -2.15. The summed E-state index contributed by atoms with van der Waals surface area (Å²) in [5.74, 6) is 0.531. The third-order valence-corrected chi connectivity index (χ3v) is 3.70. The number of alkyl halides is 3. The number of hydrogen-bond donors (Lipinski definition) is 1. The number of hydrogen-bond acceptors (Lipinski definition) is 2. The van der Waals surface area contributed by atoms with Gasteiger partial charge in [-0.15, -0.1) is 0 Å². The van der Waals surface area contributed by atoms with E-state index in [1.807, 2.05) is 0 Å². The van der Waals surface area contributed by atoms with E-state index in [0.717, 1.165) is 25.0 Å². The molecule has 0 radical (unpaired) electrons. The molecule has 1 aliphatic rings. The SMILES string of the molecule is OC(COCC1CCCC1)c1cccc(C(F)(F)F)c1. The van der Waals surface area contributed by atoms with Crippen LogP contribution in [0.15, 0.2) is 24.3 Å². The normalized spacial score (nSPS) is 18.4. The van der Waals surface area contributed by atoms with Crippen LogP contribution in [0.1, 0.15) is 42.9 Å². The van der Waals surface area contributed by atoms with Crippen LogP contribution < -0.4 is 0 Å². The molecular weight excluding hydrogens is 269 g/mol. The Hall–Kier alpha value is -1.07. The molecule has 1 unspecified atom stereocenters. The standard InChI is InChI=1S/C15H19F3O2/c16-15(17,18)13-7-3-6-12(8-13)14(19)10-20-9-11-4-1-2-5-11/h3,6-8,11,14,19H,1-2,4-5,9-10H2. The molecule has 2 nitrogen and oxygen atoms in total. The summed E-state index contributed by atoms with van der Waals surface area (Å²) in [5, 5.41) is 9.89. The molecule has 1 aliphatic carbocycles. The Kier molecular flexibility index (Phi) is 5.05. The summed E-state index contributed by atoms with van der Waals surface area (Å²) in [6.07, 6.45) is -0.701. The van der Waals surface area contributed by atoms with Crippen molar-refractivity contribution in [1.82, 2.24) is 0 Å². The number of benzene rings is 1. The molecule has 0 spiro atoms. The molecule has 5 heteroatoms. The molecule has 1 saturated carbocycles. The van der Waals surface area contributed by atoms with E-state index in [0.29, 0.717) is 12.5 Å². The third kappa shape index (κ3) is 4.21. The van der Waals surface area contributed by atoms with Gasteiger partial charge in [-0.05, 0) is 36.5 Å². The summed E-state index contributed by atoms with van der Waals surface area (Å²) in [4.78, 5) is 0. The Morgan fingerprint density at radius 3 is 2.60 bits per heavy atom. The fraction of sp³-hybridized carbons (Fsp3) is 0.600. The van der Waals surface area contributed by atoms with Gasteiger partial charge < -0.3 is 9.84 Å². The summed E-state index contributed by atoms with van der Waals surface area (Å²) < 4.78 is 43.2. The number of halogens is 3. The average Bonchev–Trinajstić information content (AvgIpc) is 2.91. The Balaban J connectivity index is 1.86. The van der Waals surface area contributed by atoms with E-state index in [-0.39, 0.29) is 12.2 Å². The first-order valence-electron chi connectivity index (χ1n) is 6.90. The largest absolute Gasteiger partial charge is 0.416 e. The van der Waals surface area contributed by atoms with Gasteiger partial charge in [0.2, 0.25) is 0 Å². The molecular formula is C15H19F3O2. The molecule has 112 valence electrons. The fourth-order valence-corrected chi connectivity index (χ4v) is 2.54. The van der Waals surface area contributed by atoms with Crippen LogP contribution in [0.4, 0.5) is 13.2 Å². The molecule has 20 heavy (non-hydrogen) atoms. The summed E-state index contributed by atoms with van der Waals surface area (Å²) in [6.45, 7) is 0.619. The minimum atomic E-state index is -4.39. The van der Waals surface area contributed by atoms with Crippen molar-refractivity contribution in [3.05, 3.63) is 35.4 Å². The third-order valence-electron chi connectivity index (χ3n) is 3.70. The van der Waals surface area contributed by atoms with Gasteiger partial charge in [0.1, 0.15) is 6.10 Å². The van der Waals surface area contributed by atoms with Crippen LogP contribution in [0.3, 0.4) is 0 Å². The predicted octanol–water partition coefficient (Wildman–Crippen LogP) is 3.95. The van der Waals surface area contributed by atoms with Gasteiger partial charge in [0.15, 0.2) is 0 Å². The molecule has 1 aromatic rings. The summed E-state index contributed by atoms with van der Waals surface area (Å²) in [7, 11) is 0. The second-order valence-electron chi connectivity index (χ2n) is 5.33. The highest BCUT2D eigenvalue weighted by molar-refractivity contribution is 5.27. The molecule has 1 N–H and O–H groups in total. The lowest BCUT2D eigenvalue weighted by Crippen LogP contribution is -2.13. The molecule has 0 aromatic heterocycles. The smallest absolute Gasteiger partial charge is 0.386 e. The summed E-state index contributed by atoms with van der Waals surface area (Å²) in [6, 6.07) is 4.76. The monoisotopic (exact) mass is 288 g/mol. The lowest BCUT2D eigenvalue weighted by molar-refractivity contribution is -0.137. The van der Waals surface area contributed by atoms with Gasteiger partial charge in [0.05, 0.1) is 12.2 Å². The second kappa shape index (κ2) is 6.59. The van der Waals surface area contributed by atoms with Crippen LogP contribution in [-0.2, 0) is 10.9 Å². The van der Waals surface area contributed by atoms with Gasteiger partial charge in [-0.3, -0.25) is 0 Å². The van der Waals surface area contributed by atoms with E-state index >= 15 is 0 Å². The molecule has 2 rings (SSSR count). The first kappa shape index (κ1) is 15.3. The average molecular weight is 288 g/mol. The number of ether oxygens (including phenoxy) is 1. The second-order valence-corrected chi connectivity index (χ2v) is 5.33. The summed E-state index contributed by atoms with van der Waals surface area (Å²) in [5.41, 5.74) is -0.504. The minimum Gasteiger partial charge on any atom is -0.386 e. The highest BCUT2D eigenvalue weighted by atomic mass is 19.4. The minimum absolute atomic E-state index is 0.0395. The van der Waals surface area contributed by atoms with Crippen molar-refractivity contribution in [2.24, 2.45) is 5.92 Å². The molecule has 0 saturated heterocycles. The Morgan fingerprint density at radius 1 is 1.25 bits per heavy atom. The first-order chi connectivity index (χ1) is 9.47. The number of rotatable bonds is 5. The van der Waals surface area contributed by atoms with Crippen LogP contribution in [-0.4, -0.2) is 18.3 Å². The molecule has 1 aromatic carbocycles. The van der Waals surface area contributed by atoms with Crippen LogP contribution in [0.25, 0.3) is 0 Å². The Bertz CT molecular complexity index is 425. The van der Waals surface area contributed by atoms with Crippen LogP contribution in [0, 0.1) is 5.92 Å². The zero-order chi connectivity index (χ0) is 14.6. The van der Waals surface area contributed by atoms with Crippen molar-refractivity contribution in [2.45, 2.75) is 38.0 Å². The van der Waals surface area contributed by atoms with E-state index in [1.165, 1.54) is 25.0 Å². The van der Waals surface area contributed by atoms with Crippen LogP contribution >= 0.6 is 0 Å². The quantitative estimate of drug-likeness (QED) is 0.889. The molecule has 0 aliphatic heterocycles. The van der Waals surface area contributed by atoms with Crippen molar-refractivity contribution in [2.75, 3.05) is 13.2 Å². The van der Waals surface area contributed by atoms with Crippen molar-refractivity contribution < 1.29 is 23.0 Å². The Morgan fingerprint density at radius 2 is 1.95 bits per heavy atom. The molecule has 0 bridgehead atoms. The van der Waals surface area contributed by atoms with E-state index in [2.05, 4.69) is 0 Å². The predicted molar refractivity (Wildman–Crippen MR) is 69.2 cm³/mol. The van der Waals surface area contributed by atoms with Gasteiger partial charge in [-0.25, -0.2) is 0 Å². The number of aliphatic hydroxyl groups excluding tert-OH is 1. The van der Waals surface area contributed by atoms with Crippen LogP contribution in [0.2, 0.25) is 0 Å². The fourth-order valence-electron chi connectivity index (χ4n) is 2.54. The maximum absolute atomic E-state index is 12.6. The highest BCUT2D eigenvalue weighted by Crippen LogP contribution is 2.31. The van der Waals surface area contributed by atoms with Gasteiger partial charge in [-0.2, -0.15) is 13.2 Å². The van der Waals surface area contributed by atoms with Crippen molar-refractivity contribution in [3.63, 3.8) is 0 Å². The van der Waals surface area contributed by atoms with E-state index in [9.17, 15) is 18.3 Å². The van der Waals surface area contributed by atoms with Gasteiger partial charge >= 0.3 is 6.18 Å². The van der Waals surface area contributed by atoms with E-state index in [4.69, 9.17) is 4.74 Å². The zero-order valence-corrected chi connectivity index (χ0v) is 11.2. The van der Waals surface area contributed by atoms with Crippen molar-refractivity contribution in [1.29, 1.82) is 0 Å². The Labute approximate surface area is 116 Å². The molecule has 1 fully saturated rings. The molecule has 0 heterocycles. The highest BCUT2D eigenvalue weighted by Gasteiger charge is 2.30. The van der Waals surface area contributed by atoms with Crippen molar-refractivity contribution in [3.8, 4) is 0 Å². The lowest BCUT2D eigenvalue weighted by atomic mass is 10.1. The van der Waals surface area contributed by atoms with E-state index < -0.39 is 17.8 Å². The van der Waals surface area contributed by atoms with Crippen molar-refractivity contribution >= 4 is 0 Å². The van der Waals surface area contributed by atoms with Gasteiger partial charge in [-0.1, -0.05) is 25.0 Å². The van der Waals surface area contributed by atoms with E-state index in [1.54, 1.807) is 0 Å². The number of aliphatic hydroxyl groups is 1. The maximum Gasteiger partial charge on any atom is 0.416 e. The van der Waals surface area contributed by atoms with Gasteiger partial charge in [0.25, 0.3) is 0 Å². The molecule has 1 atom stereocenters. The molecule has 0 amide bonds. The summed E-state index contributed by atoms with van der Waals surface area (Å²) >= 11 is 0. The van der Waals surface area contributed by atoms with Gasteiger partial charge in [0, 0.05) is 6.61 Å². The zero-order valence-electron chi connectivity index (χ0n) is 11.2. The topological polar surface area (TPSA) is 29.5 Å².